The molecule has 0 spiro atoms. The topological polar surface area (TPSA) is 86.8 Å². The molecule has 230 valence electrons. The number of nitrogens with one attached hydrogen (secondary N) is 1. The lowest BCUT2D eigenvalue weighted by Gasteiger charge is -2.34. The van der Waals surface area contributed by atoms with E-state index in [2.05, 4.69) is 5.32 Å². The number of carbonyl (C=O) groups excluding carboxylic acids is 2. The van der Waals surface area contributed by atoms with Crippen molar-refractivity contribution in [1.82, 2.24) is 10.2 Å². The number of hydrogen-bond donors (Lipinski definition) is 1. The molecule has 0 heterocycles. The zero-order chi connectivity index (χ0) is 31.9. The number of benzene rings is 4. The molecule has 0 aliphatic carbocycles. The summed E-state index contributed by atoms with van der Waals surface area (Å²) < 4.78 is 43.0. The largest absolute Gasteiger partial charge is 0.352 e. The number of anilines is 1. The molecule has 10 heteroatoms. The van der Waals surface area contributed by atoms with E-state index in [1.165, 1.54) is 29.2 Å². The van der Waals surface area contributed by atoms with Crippen molar-refractivity contribution < 1.29 is 22.4 Å². The smallest absolute Gasteiger partial charge is 0.264 e. The fourth-order valence-electron chi connectivity index (χ4n) is 4.83. The Kier molecular flexibility index (Phi) is 10.8. The second-order valence-electron chi connectivity index (χ2n) is 10.8. The van der Waals surface area contributed by atoms with Crippen LogP contribution in [-0.2, 0) is 32.6 Å². The highest BCUT2D eigenvalue weighted by atomic mass is 35.5. The number of amides is 2. The van der Waals surface area contributed by atoms with Crippen LogP contribution in [0.25, 0.3) is 0 Å². The molecule has 1 atom stereocenters. The van der Waals surface area contributed by atoms with Gasteiger partial charge in [-0.1, -0.05) is 90.0 Å². The molecule has 4 aromatic rings. The van der Waals surface area contributed by atoms with Gasteiger partial charge in [0.15, 0.2) is 0 Å². The van der Waals surface area contributed by atoms with Gasteiger partial charge in [-0.3, -0.25) is 13.9 Å². The number of carbonyl (C=O) groups is 2. The zero-order valence-electron chi connectivity index (χ0n) is 24.8. The molecular weight excluding hydrogens is 601 g/mol. The molecular formula is C34H35ClFN3O4S. The maximum Gasteiger partial charge on any atom is 0.264 e. The molecule has 2 amide bonds. The average Bonchev–Trinajstić information content (AvgIpc) is 2.99. The Morgan fingerprint density at radius 1 is 0.864 bits per heavy atom. The van der Waals surface area contributed by atoms with Crippen LogP contribution in [0.15, 0.2) is 108 Å². The monoisotopic (exact) mass is 635 g/mol. The van der Waals surface area contributed by atoms with Gasteiger partial charge < -0.3 is 10.2 Å². The molecule has 0 unspecified atom stereocenters. The van der Waals surface area contributed by atoms with Crippen molar-refractivity contribution in [1.29, 1.82) is 0 Å². The van der Waals surface area contributed by atoms with Crippen LogP contribution in [0.4, 0.5) is 10.1 Å². The molecule has 0 bridgehead atoms. The molecule has 0 aliphatic heterocycles. The SMILES string of the molecule is Cc1cccc(CN(C(=O)CN(c2ccc(F)c(Cl)c2)S(=O)(=O)c2ccccc2)[C@H](Cc2ccccc2)C(=O)NC(C)C)c1. The van der Waals surface area contributed by atoms with Crippen molar-refractivity contribution in [3.05, 3.63) is 131 Å². The van der Waals surface area contributed by atoms with Crippen molar-refractivity contribution in [2.75, 3.05) is 10.8 Å². The van der Waals surface area contributed by atoms with Gasteiger partial charge in [-0.2, -0.15) is 0 Å². The van der Waals surface area contributed by atoms with E-state index in [1.807, 2.05) is 75.4 Å². The van der Waals surface area contributed by atoms with Crippen LogP contribution < -0.4 is 9.62 Å². The van der Waals surface area contributed by atoms with E-state index >= 15 is 0 Å². The Labute approximate surface area is 263 Å². The first kappa shape index (κ1) is 32.7. The minimum Gasteiger partial charge on any atom is -0.352 e. The number of rotatable bonds is 12. The van der Waals surface area contributed by atoms with E-state index in [4.69, 9.17) is 11.6 Å². The Bertz CT molecular complexity index is 1700. The van der Waals surface area contributed by atoms with Gasteiger partial charge in [0.05, 0.1) is 15.6 Å². The van der Waals surface area contributed by atoms with Crippen molar-refractivity contribution >= 4 is 39.1 Å². The molecule has 0 aliphatic rings. The van der Waals surface area contributed by atoms with Gasteiger partial charge in [0.2, 0.25) is 11.8 Å². The standard InChI is InChI=1S/C34H35ClFN3O4S/c1-24(2)37-34(41)32(20-26-12-6-4-7-13-26)38(22-27-14-10-11-25(3)19-27)33(40)23-39(28-17-18-31(36)30(35)21-28)44(42,43)29-15-8-5-9-16-29/h4-19,21,24,32H,20,22-23H2,1-3H3,(H,37,41)/t32-/m1/s1. The summed E-state index contributed by atoms with van der Waals surface area (Å²) in [6, 6.07) is 26.8. The zero-order valence-corrected chi connectivity index (χ0v) is 26.4. The van der Waals surface area contributed by atoms with Crippen LogP contribution in [0.5, 0.6) is 0 Å². The summed E-state index contributed by atoms with van der Waals surface area (Å²) in [7, 11) is -4.31. The second-order valence-corrected chi connectivity index (χ2v) is 13.1. The third kappa shape index (κ3) is 8.24. The van der Waals surface area contributed by atoms with Gasteiger partial charge in [0.25, 0.3) is 10.0 Å². The highest BCUT2D eigenvalue weighted by Crippen LogP contribution is 2.28. The summed E-state index contributed by atoms with van der Waals surface area (Å²) in [4.78, 5) is 29.5. The lowest BCUT2D eigenvalue weighted by molar-refractivity contribution is -0.140. The van der Waals surface area contributed by atoms with Gasteiger partial charge in [0, 0.05) is 19.0 Å². The maximum absolute atomic E-state index is 14.4. The van der Waals surface area contributed by atoms with Gasteiger partial charge in [0.1, 0.15) is 18.4 Å². The lowest BCUT2D eigenvalue weighted by atomic mass is 10.0. The summed E-state index contributed by atoms with van der Waals surface area (Å²) in [6.07, 6.45) is 0.199. The number of aryl methyl sites for hydroxylation is 1. The van der Waals surface area contributed by atoms with Crippen molar-refractivity contribution in [3.63, 3.8) is 0 Å². The lowest BCUT2D eigenvalue weighted by Crippen LogP contribution is -2.54. The van der Waals surface area contributed by atoms with E-state index in [9.17, 15) is 22.4 Å². The molecule has 4 aromatic carbocycles. The summed E-state index contributed by atoms with van der Waals surface area (Å²) >= 11 is 6.06. The maximum atomic E-state index is 14.4. The summed E-state index contributed by atoms with van der Waals surface area (Å²) in [5.74, 6) is -1.72. The summed E-state index contributed by atoms with van der Waals surface area (Å²) in [6.45, 7) is 4.97. The van der Waals surface area contributed by atoms with Crippen LogP contribution in [0.2, 0.25) is 5.02 Å². The fourth-order valence-corrected chi connectivity index (χ4v) is 6.43. The Hall–Kier alpha value is -4.21. The first-order valence-corrected chi connectivity index (χ1v) is 16.0. The van der Waals surface area contributed by atoms with Gasteiger partial charge >= 0.3 is 0 Å². The normalized spacial score (nSPS) is 12.0. The van der Waals surface area contributed by atoms with E-state index < -0.39 is 34.3 Å². The van der Waals surface area contributed by atoms with Gasteiger partial charge in [-0.15, -0.1) is 0 Å². The third-order valence-corrected chi connectivity index (χ3v) is 9.02. The molecule has 0 radical (unpaired) electrons. The first-order chi connectivity index (χ1) is 21.0. The predicted octanol–water partition coefficient (Wildman–Crippen LogP) is 6.15. The highest BCUT2D eigenvalue weighted by Gasteiger charge is 2.35. The van der Waals surface area contributed by atoms with E-state index in [0.29, 0.717) is 0 Å². The van der Waals surface area contributed by atoms with Crippen molar-refractivity contribution in [2.24, 2.45) is 0 Å². The molecule has 0 aromatic heterocycles. The third-order valence-electron chi connectivity index (χ3n) is 6.94. The van der Waals surface area contributed by atoms with Gasteiger partial charge in [-0.25, -0.2) is 12.8 Å². The van der Waals surface area contributed by atoms with Crippen LogP contribution in [-0.4, -0.2) is 43.8 Å². The van der Waals surface area contributed by atoms with Crippen LogP contribution in [0.3, 0.4) is 0 Å². The summed E-state index contributed by atoms with van der Waals surface area (Å²) in [5, 5.41) is 2.63. The van der Waals surface area contributed by atoms with Crippen molar-refractivity contribution in [3.8, 4) is 0 Å². The number of sulfonamides is 1. The Balaban J connectivity index is 1.82. The molecule has 7 nitrogen and oxygen atoms in total. The minimum absolute atomic E-state index is 0.00958. The molecule has 1 N–H and O–H groups in total. The molecule has 44 heavy (non-hydrogen) atoms. The van der Waals surface area contributed by atoms with Crippen LogP contribution in [0, 0.1) is 12.7 Å². The van der Waals surface area contributed by atoms with Gasteiger partial charge in [-0.05, 0) is 62.2 Å². The molecule has 0 saturated heterocycles. The number of nitrogens with zero attached hydrogens (tertiary/aromatic N) is 2. The quantitative estimate of drug-likeness (QED) is 0.202. The Morgan fingerprint density at radius 2 is 1.50 bits per heavy atom. The van der Waals surface area contributed by atoms with Crippen molar-refractivity contribution in [2.45, 2.75) is 50.7 Å². The Morgan fingerprint density at radius 3 is 2.11 bits per heavy atom. The molecule has 0 saturated carbocycles. The van der Waals surface area contributed by atoms with E-state index in [0.717, 1.165) is 27.1 Å². The van der Waals surface area contributed by atoms with E-state index in [-0.39, 0.29) is 40.5 Å². The molecule has 4 rings (SSSR count). The molecule has 0 fully saturated rings. The summed E-state index contributed by atoms with van der Waals surface area (Å²) in [5.41, 5.74) is 2.58. The fraction of sp³-hybridized carbons (Fsp3) is 0.235. The van der Waals surface area contributed by atoms with Crippen LogP contribution >= 0.6 is 11.6 Å². The average molecular weight is 636 g/mol. The minimum atomic E-state index is -4.31. The number of hydrogen-bond acceptors (Lipinski definition) is 4. The first-order valence-electron chi connectivity index (χ1n) is 14.2. The predicted molar refractivity (Wildman–Crippen MR) is 171 cm³/mol. The highest BCUT2D eigenvalue weighted by molar-refractivity contribution is 7.92. The second kappa shape index (κ2) is 14.5. The van der Waals surface area contributed by atoms with E-state index in [1.54, 1.807) is 18.2 Å². The van der Waals surface area contributed by atoms with Crippen LogP contribution in [0.1, 0.15) is 30.5 Å². The number of halogens is 2.